The Kier molecular flexibility index (Phi) is 3.34. The van der Waals surface area contributed by atoms with E-state index in [9.17, 15) is 4.79 Å². The van der Waals surface area contributed by atoms with Gasteiger partial charge in [-0.15, -0.1) is 0 Å². The van der Waals surface area contributed by atoms with Crippen molar-refractivity contribution in [1.82, 2.24) is 9.97 Å². The average Bonchev–Trinajstić information content (AvgIpc) is 2.30. The maximum Gasteiger partial charge on any atom is 0.511 e. The zero-order valence-corrected chi connectivity index (χ0v) is 10.1. The van der Waals surface area contributed by atoms with Crippen LogP contribution in [0, 0.1) is 0 Å². The van der Waals surface area contributed by atoms with Crippen LogP contribution in [0.1, 0.15) is 0 Å². The van der Waals surface area contributed by atoms with Gasteiger partial charge in [0.2, 0.25) is 0 Å². The Morgan fingerprint density at radius 1 is 1.24 bits per heavy atom. The first-order chi connectivity index (χ1) is 8.16. The largest absolute Gasteiger partial charge is 0.511 e. The number of carbonyl (C=O) groups is 1. The van der Waals surface area contributed by atoms with E-state index >= 15 is 0 Å². The van der Waals surface area contributed by atoms with Crippen LogP contribution in [0.5, 0.6) is 5.75 Å². The molecule has 0 unspecified atom stereocenters. The molecule has 0 saturated carbocycles. The molecule has 0 atom stereocenters. The highest BCUT2D eigenvalue weighted by molar-refractivity contribution is 9.10. The Bertz CT molecular complexity index is 543. The molecule has 6 heteroatoms. The maximum absolute atomic E-state index is 10.3. The second kappa shape index (κ2) is 4.92. The minimum absolute atomic E-state index is 0.0910. The number of aromatic nitrogens is 2. The van der Waals surface area contributed by atoms with E-state index < -0.39 is 6.16 Å². The molecule has 0 radical (unpaired) electrons. The highest BCUT2D eigenvalue weighted by Crippen LogP contribution is 2.25. The fraction of sp³-hybridized carbons (Fsp3) is 0. The molecular formula is C11H7BrN2O3. The smallest absolute Gasteiger partial charge is 0.449 e. The number of halogens is 1. The van der Waals surface area contributed by atoms with Crippen molar-refractivity contribution in [1.29, 1.82) is 0 Å². The van der Waals surface area contributed by atoms with Crippen LogP contribution in [0.15, 0.2) is 41.1 Å². The van der Waals surface area contributed by atoms with Gasteiger partial charge in [-0.3, -0.25) is 0 Å². The van der Waals surface area contributed by atoms with Gasteiger partial charge in [-0.2, -0.15) is 0 Å². The van der Waals surface area contributed by atoms with E-state index in [1.165, 1.54) is 12.4 Å². The summed E-state index contributed by atoms with van der Waals surface area (Å²) in [6.07, 6.45) is 1.24. The van der Waals surface area contributed by atoms with Crippen molar-refractivity contribution in [2.75, 3.05) is 0 Å². The Labute approximate surface area is 105 Å². The van der Waals surface area contributed by atoms with Gasteiger partial charge in [0, 0.05) is 10.0 Å². The van der Waals surface area contributed by atoms with Crippen LogP contribution in [0.3, 0.4) is 0 Å². The molecule has 2 rings (SSSR count). The molecule has 1 N–H and O–H groups in total. The molecule has 2 aromatic rings. The molecule has 1 heterocycles. The minimum Gasteiger partial charge on any atom is -0.449 e. The molecule has 5 nitrogen and oxygen atoms in total. The number of ether oxygens (including phenoxy) is 1. The molecule has 0 bridgehead atoms. The van der Waals surface area contributed by atoms with Crippen LogP contribution in [-0.4, -0.2) is 21.2 Å². The topological polar surface area (TPSA) is 72.3 Å². The molecule has 86 valence electrons. The Hall–Kier alpha value is -1.95. The quantitative estimate of drug-likeness (QED) is 0.862. The van der Waals surface area contributed by atoms with Crippen LogP contribution < -0.4 is 4.74 Å². The lowest BCUT2D eigenvalue weighted by molar-refractivity contribution is 0.144. The van der Waals surface area contributed by atoms with Gasteiger partial charge < -0.3 is 9.84 Å². The summed E-state index contributed by atoms with van der Waals surface area (Å²) in [5.41, 5.74) is 0.828. The number of rotatable bonds is 2. The number of benzene rings is 1. The third-order valence-electron chi connectivity index (χ3n) is 1.95. The summed E-state index contributed by atoms with van der Waals surface area (Å²) < 4.78 is 5.28. The van der Waals surface area contributed by atoms with E-state index in [1.807, 2.05) is 24.3 Å². The third kappa shape index (κ3) is 2.79. The van der Waals surface area contributed by atoms with Gasteiger partial charge in [0.15, 0.2) is 11.6 Å². The van der Waals surface area contributed by atoms with Crippen LogP contribution >= 0.6 is 15.9 Å². The Balaban J connectivity index is 2.30. The first-order valence-corrected chi connectivity index (χ1v) is 5.44. The molecule has 0 fully saturated rings. The molecule has 17 heavy (non-hydrogen) atoms. The maximum atomic E-state index is 10.3. The summed E-state index contributed by atoms with van der Waals surface area (Å²) in [7, 11) is 0. The van der Waals surface area contributed by atoms with Crippen molar-refractivity contribution in [3.05, 3.63) is 41.1 Å². The Morgan fingerprint density at radius 2 is 1.88 bits per heavy atom. The summed E-state index contributed by atoms with van der Waals surface area (Å²) in [5, 5.41) is 8.41. The van der Waals surface area contributed by atoms with E-state index in [1.54, 1.807) is 0 Å². The normalized spacial score (nSPS) is 9.94. The highest BCUT2D eigenvalue weighted by Gasteiger charge is 2.06. The van der Waals surface area contributed by atoms with Gasteiger partial charge in [-0.25, -0.2) is 14.8 Å². The molecule has 0 aliphatic carbocycles. The molecule has 0 amide bonds. The summed E-state index contributed by atoms with van der Waals surface area (Å²) in [6.45, 7) is 0. The van der Waals surface area contributed by atoms with E-state index in [4.69, 9.17) is 5.11 Å². The number of hydrogen-bond donors (Lipinski definition) is 1. The lowest BCUT2D eigenvalue weighted by atomic mass is 10.2. The van der Waals surface area contributed by atoms with Gasteiger partial charge in [0.05, 0.1) is 12.4 Å². The summed E-state index contributed by atoms with van der Waals surface area (Å²) in [5.74, 6) is 0.587. The second-order valence-corrected chi connectivity index (χ2v) is 3.94. The zero-order valence-electron chi connectivity index (χ0n) is 8.50. The molecule has 0 saturated heterocycles. The van der Waals surface area contributed by atoms with Crippen molar-refractivity contribution in [3.8, 4) is 17.1 Å². The summed E-state index contributed by atoms with van der Waals surface area (Å²) >= 11 is 3.39. The predicted molar refractivity (Wildman–Crippen MR) is 63.8 cm³/mol. The predicted octanol–water partition coefficient (Wildman–Crippen LogP) is 2.96. The van der Waals surface area contributed by atoms with Crippen molar-refractivity contribution in [2.45, 2.75) is 0 Å². The van der Waals surface area contributed by atoms with Crippen LogP contribution in [0.25, 0.3) is 11.4 Å². The van der Waals surface area contributed by atoms with Gasteiger partial charge in [-0.05, 0) is 6.07 Å². The monoisotopic (exact) mass is 294 g/mol. The van der Waals surface area contributed by atoms with Crippen molar-refractivity contribution >= 4 is 22.1 Å². The van der Waals surface area contributed by atoms with E-state index in [0.29, 0.717) is 5.82 Å². The van der Waals surface area contributed by atoms with Gasteiger partial charge in [0.25, 0.3) is 0 Å². The van der Waals surface area contributed by atoms with Crippen molar-refractivity contribution in [2.24, 2.45) is 0 Å². The SMILES string of the molecule is O=C(O)Oc1cnc(-c2ccccc2Br)nc1. The van der Waals surface area contributed by atoms with E-state index in [2.05, 4.69) is 30.6 Å². The van der Waals surface area contributed by atoms with Gasteiger partial charge >= 0.3 is 6.16 Å². The number of carboxylic acid groups (broad SMARTS) is 1. The number of nitrogens with zero attached hydrogens (tertiary/aromatic N) is 2. The highest BCUT2D eigenvalue weighted by atomic mass is 79.9. The molecule has 1 aromatic heterocycles. The van der Waals surface area contributed by atoms with Crippen molar-refractivity contribution in [3.63, 3.8) is 0 Å². The molecule has 0 aliphatic heterocycles. The zero-order chi connectivity index (χ0) is 12.3. The lowest BCUT2D eigenvalue weighted by Crippen LogP contribution is -2.03. The summed E-state index contributed by atoms with van der Waals surface area (Å²) in [4.78, 5) is 18.4. The van der Waals surface area contributed by atoms with E-state index in [0.717, 1.165) is 10.0 Å². The first-order valence-electron chi connectivity index (χ1n) is 4.64. The minimum atomic E-state index is -1.39. The molecule has 0 spiro atoms. The fourth-order valence-corrected chi connectivity index (χ4v) is 1.71. The Morgan fingerprint density at radius 3 is 2.47 bits per heavy atom. The molecular weight excluding hydrogens is 288 g/mol. The van der Waals surface area contributed by atoms with Crippen LogP contribution in [0.2, 0.25) is 0 Å². The second-order valence-electron chi connectivity index (χ2n) is 3.09. The fourth-order valence-electron chi connectivity index (χ4n) is 1.25. The first kappa shape index (κ1) is 11.5. The van der Waals surface area contributed by atoms with E-state index in [-0.39, 0.29) is 5.75 Å². The standard InChI is InChI=1S/C11H7BrN2O3/c12-9-4-2-1-3-8(9)10-13-5-7(6-14-10)17-11(15)16/h1-6H,(H,15,16). The third-order valence-corrected chi connectivity index (χ3v) is 2.64. The summed E-state index contributed by atoms with van der Waals surface area (Å²) in [6, 6.07) is 7.48. The lowest BCUT2D eigenvalue weighted by Gasteiger charge is -2.03. The van der Waals surface area contributed by atoms with Gasteiger partial charge in [-0.1, -0.05) is 34.1 Å². The number of hydrogen-bond acceptors (Lipinski definition) is 4. The molecule has 0 aliphatic rings. The molecule has 1 aromatic carbocycles. The van der Waals surface area contributed by atoms with Crippen molar-refractivity contribution < 1.29 is 14.6 Å². The average molecular weight is 295 g/mol. The van der Waals surface area contributed by atoms with Gasteiger partial charge in [0.1, 0.15) is 0 Å². The van der Waals surface area contributed by atoms with Crippen LogP contribution in [0.4, 0.5) is 4.79 Å². The van der Waals surface area contributed by atoms with Crippen LogP contribution in [-0.2, 0) is 0 Å².